The van der Waals surface area contributed by atoms with Crippen LogP contribution in [0, 0.1) is 0 Å². The van der Waals surface area contributed by atoms with Crippen molar-refractivity contribution in [1.82, 2.24) is 14.8 Å². The first-order chi connectivity index (χ1) is 11.6. The lowest BCUT2D eigenvalue weighted by atomic mass is 9.90. The van der Waals surface area contributed by atoms with Crippen LogP contribution < -0.4 is 5.73 Å². The number of nitrogens with zero attached hydrogens (tertiary/aromatic N) is 3. The highest BCUT2D eigenvalue weighted by Crippen LogP contribution is 2.36. The van der Waals surface area contributed by atoms with E-state index in [-0.39, 0.29) is 0 Å². The molecule has 0 atom stereocenters. The van der Waals surface area contributed by atoms with E-state index in [1.807, 2.05) is 35.9 Å². The van der Waals surface area contributed by atoms with Crippen LogP contribution in [0.2, 0.25) is 0 Å². The number of halogens is 1. The molecule has 0 amide bonds. The zero-order valence-electron chi connectivity index (χ0n) is 13.8. The molecular weight excluding hydrogens is 307 g/mol. The highest BCUT2D eigenvalue weighted by Gasteiger charge is 2.35. The molecule has 24 heavy (non-hydrogen) atoms. The van der Waals surface area contributed by atoms with Crippen molar-refractivity contribution >= 4 is 27.6 Å². The molecule has 2 N–H and O–H groups in total. The van der Waals surface area contributed by atoms with Crippen LogP contribution in [0.15, 0.2) is 24.3 Å². The Morgan fingerprint density at radius 1 is 1.29 bits per heavy atom. The fourth-order valence-electron chi connectivity index (χ4n) is 3.58. The van der Waals surface area contributed by atoms with Crippen molar-refractivity contribution in [3.8, 4) is 0 Å². The second kappa shape index (κ2) is 5.70. The van der Waals surface area contributed by atoms with Gasteiger partial charge in [-0.1, -0.05) is 18.2 Å². The smallest absolute Gasteiger partial charge is 0.152 e. The van der Waals surface area contributed by atoms with Gasteiger partial charge in [0, 0.05) is 49.8 Å². The van der Waals surface area contributed by atoms with Crippen LogP contribution in [0.3, 0.4) is 0 Å². The third-order valence-electron chi connectivity index (χ3n) is 4.89. The molecule has 126 valence electrons. The summed E-state index contributed by atoms with van der Waals surface area (Å²) in [6, 6.07) is 7.83. The topological polar surface area (TPSA) is 66.0 Å². The van der Waals surface area contributed by atoms with Crippen molar-refractivity contribution in [3.63, 3.8) is 0 Å². The number of benzene rings is 1. The van der Waals surface area contributed by atoms with Crippen molar-refractivity contribution < 1.29 is 9.13 Å². The summed E-state index contributed by atoms with van der Waals surface area (Å²) >= 11 is 0. The zero-order chi connectivity index (χ0) is 16.7. The molecule has 2 aromatic heterocycles. The van der Waals surface area contributed by atoms with Crippen molar-refractivity contribution in [2.45, 2.75) is 38.4 Å². The number of nitrogens with two attached hydrogens (primary N) is 1. The molecule has 3 heterocycles. The summed E-state index contributed by atoms with van der Waals surface area (Å²) in [5, 5.41) is 6.52. The minimum absolute atomic E-state index is 0.328. The minimum Gasteiger partial charge on any atom is -0.382 e. The quantitative estimate of drug-likeness (QED) is 0.801. The second-order valence-electron chi connectivity index (χ2n) is 6.44. The van der Waals surface area contributed by atoms with Crippen LogP contribution in [0.4, 0.5) is 10.2 Å². The third-order valence-corrected chi connectivity index (χ3v) is 4.89. The summed E-state index contributed by atoms with van der Waals surface area (Å²) in [7, 11) is 0. The summed E-state index contributed by atoms with van der Waals surface area (Å²) in [5.41, 5.74) is 7.26. The molecule has 0 spiro atoms. The number of rotatable bonds is 3. The van der Waals surface area contributed by atoms with Gasteiger partial charge in [0.1, 0.15) is 11.2 Å². The summed E-state index contributed by atoms with van der Waals surface area (Å²) in [4.78, 5) is 4.44. The van der Waals surface area contributed by atoms with Crippen LogP contribution >= 0.6 is 0 Å². The molecule has 0 saturated carbocycles. The SMILES string of the molecule is CCn1nc2c(N)nc3ccccc3c2c1CC1(F)CCOCC1. The van der Waals surface area contributed by atoms with Gasteiger partial charge in [-0.2, -0.15) is 5.10 Å². The Morgan fingerprint density at radius 2 is 2.04 bits per heavy atom. The van der Waals surface area contributed by atoms with Gasteiger partial charge in [0.25, 0.3) is 0 Å². The Kier molecular flexibility index (Phi) is 3.64. The van der Waals surface area contributed by atoms with Gasteiger partial charge in [-0.25, -0.2) is 9.37 Å². The number of para-hydroxylation sites is 1. The van der Waals surface area contributed by atoms with Crippen LogP contribution in [0.1, 0.15) is 25.5 Å². The van der Waals surface area contributed by atoms with Gasteiger partial charge in [-0.15, -0.1) is 0 Å². The standard InChI is InChI=1S/C18H21FN4O/c1-2-23-14(11-18(19)7-9-24-10-8-18)15-12-5-3-4-6-13(12)21-17(20)16(15)22-23/h3-6H,2,7-11H2,1H3,(H2,20,21). The Hall–Kier alpha value is -2.21. The van der Waals surface area contributed by atoms with Crippen LogP contribution in [0.5, 0.6) is 0 Å². The van der Waals surface area contributed by atoms with Crippen LogP contribution in [-0.2, 0) is 17.7 Å². The molecule has 0 bridgehead atoms. The summed E-state index contributed by atoms with van der Waals surface area (Å²) in [5.74, 6) is 0.400. The first-order valence-corrected chi connectivity index (χ1v) is 8.41. The number of fused-ring (bicyclic) bond motifs is 3. The van der Waals surface area contributed by atoms with E-state index in [1.54, 1.807) is 0 Å². The van der Waals surface area contributed by atoms with Gasteiger partial charge in [0.15, 0.2) is 5.82 Å². The molecule has 1 aliphatic rings. The molecule has 0 radical (unpaired) electrons. The number of anilines is 1. The zero-order valence-corrected chi connectivity index (χ0v) is 13.8. The minimum atomic E-state index is -1.25. The maximum atomic E-state index is 15.3. The molecular formula is C18H21FN4O. The maximum absolute atomic E-state index is 15.3. The number of aryl methyl sites for hydroxylation is 1. The van der Waals surface area contributed by atoms with E-state index < -0.39 is 5.67 Å². The highest BCUT2D eigenvalue weighted by atomic mass is 19.1. The van der Waals surface area contributed by atoms with Crippen LogP contribution in [-0.4, -0.2) is 33.6 Å². The Bertz CT molecular complexity index is 899. The van der Waals surface area contributed by atoms with Gasteiger partial charge >= 0.3 is 0 Å². The number of ether oxygens (including phenoxy) is 1. The van der Waals surface area contributed by atoms with E-state index in [1.165, 1.54) is 0 Å². The van der Waals surface area contributed by atoms with Crippen molar-refractivity contribution in [2.75, 3.05) is 18.9 Å². The largest absolute Gasteiger partial charge is 0.382 e. The number of aromatic nitrogens is 3. The van der Waals surface area contributed by atoms with E-state index in [4.69, 9.17) is 10.5 Å². The maximum Gasteiger partial charge on any atom is 0.152 e. The monoisotopic (exact) mass is 328 g/mol. The van der Waals surface area contributed by atoms with E-state index in [0.29, 0.717) is 50.4 Å². The average Bonchev–Trinajstić information content (AvgIpc) is 2.94. The Morgan fingerprint density at radius 3 is 2.79 bits per heavy atom. The van der Waals surface area contributed by atoms with E-state index in [2.05, 4.69) is 10.1 Å². The molecule has 3 aromatic rings. The normalized spacial score (nSPS) is 17.6. The lowest BCUT2D eigenvalue weighted by Gasteiger charge is -2.29. The summed E-state index contributed by atoms with van der Waals surface area (Å²) in [6.07, 6.45) is 1.16. The Balaban J connectivity index is 1.95. The molecule has 6 heteroatoms. The van der Waals surface area contributed by atoms with Gasteiger partial charge < -0.3 is 10.5 Å². The molecule has 1 fully saturated rings. The lowest BCUT2D eigenvalue weighted by Crippen LogP contribution is -2.34. The van der Waals surface area contributed by atoms with Gasteiger partial charge in [-0.05, 0) is 13.0 Å². The van der Waals surface area contributed by atoms with Gasteiger partial charge in [0.2, 0.25) is 0 Å². The lowest BCUT2D eigenvalue weighted by molar-refractivity contribution is -0.00896. The van der Waals surface area contributed by atoms with E-state index in [9.17, 15) is 0 Å². The van der Waals surface area contributed by atoms with Crippen molar-refractivity contribution in [1.29, 1.82) is 0 Å². The molecule has 5 nitrogen and oxygen atoms in total. The average molecular weight is 328 g/mol. The second-order valence-corrected chi connectivity index (χ2v) is 6.44. The molecule has 1 saturated heterocycles. The first kappa shape index (κ1) is 15.3. The molecule has 1 aromatic carbocycles. The molecule has 0 aliphatic carbocycles. The summed E-state index contributed by atoms with van der Waals surface area (Å²) < 4.78 is 22.5. The summed E-state index contributed by atoms with van der Waals surface area (Å²) in [6.45, 7) is 3.62. The third kappa shape index (κ3) is 2.41. The van der Waals surface area contributed by atoms with Gasteiger partial charge in [0.05, 0.1) is 11.2 Å². The highest BCUT2D eigenvalue weighted by molar-refractivity contribution is 6.09. The van der Waals surface area contributed by atoms with Crippen molar-refractivity contribution in [3.05, 3.63) is 30.0 Å². The molecule has 1 aliphatic heterocycles. The van der Waals surface area contributed by atoms with Gasteiger partial charge in [-0.3, -0.25) is 4.68 Å². The number of hydrogen-bond acceptors (Lipinski definition) is 4. The predicted octanol–water partition coefficient (Wildman–Crippen LogP) is 3.25. The fraction of sp³-hybridized carbons (Fsp3) is 0.444. The van der Waals surface area contributed by atoms with Crippen LogP contribution in [0.25, 0.3) is 21.8 Å². The molecule has 4 rings (SSSR count). The first-order valence-electron chi connectivity index (χ1n) is 8.41. The predicted molar refractivity (Wildman–Crippen MR) is 92.7 cm³/mol. The van der Waals surface area contributed by atoms with E-state index >= 15 is 4.39 Å². The number of nitrogen functional groups attached to an aromatic ring is 1. The molecule has 0 unspecified atom stereocenters. The van der Waals surface area contributed by atoms with Crippen molar-refractivity contribution in [2.24, 2.45) is 0 Å². The number of pyridine rings is 1. The van der Waals surface area contributed by atoms with E-state index in [0.717, 1.165) is 22.0 Å². The number of hydrogen-bond donors (Lipinski definition) is 1. The number of alkyl halides is 1. The Labute approximate surface area is 139 Å². The fourth-order valence-corrected chi connectivity index (χ4v) is 3.58.